The predicted molar refractivity (Wildman–Crippen MR) is 108 cm³/mol. The molecule has 4 rings (SSSR count). The van der Waals surface area contributed by atoms with Crippen LogP contribution in [0.25, 0.3) is 22.1 Å². The van der Waals surface area contributed by atoms with Crippen molar-refractivity contribution in [3.8, 4) is 16.9 Å². The van der Waals surface area contributed by atoms with Crippen LogP contribution < -0.4 is 15.5 Å². The number of ether oxygens (including phenoxy) is 1. The van der Waals surface area contributed by atoms with Crippen molar-refractivity contribution >= 4 is 22.6 Å². The highest BCUT2D eigenvalue weighted by molar-refractivity contribution is 5.92. The van der Waals surface area contributed by atoms with Crippen molar-refractivity contribution in [1.82, 2.24) is 0 Å². The largest absolute Gasteiger partial charge is 0.484 e. The number of fused-ring (bicyclic) bond motifs is 1. The number of nitrogens with one attached hydrogen (secondary N) is 1. The summed E-state index contributed by atoms with van der Waals surface area (Å²) in [6.45, 7) is -0.241. The lowest BCUT2D eigenvalue weighted by Crippen LogP contribution is -2.20. The summed E-state index contributed by atoms with van der Waals surface area (Å²) in [5.74, 6) is -0.382. The molecule has 0 unspecified atom stereocenters. The lowest BCUT2D eigenvalue weighted by molar-refractivity contribution is -0.118. The molecule has 0 aliphatic rings. The van der Waals surface area contributed by atoms with Crippen LogP contribution in [0.1, 0.15) is 0 Å². The second-order valence-corrected chi connectivity index (χ2v) is 6.35. The molecular weight excluding hydrogens is 373 g/mol. The first-order valence-corrected chi connectivity index (χ1v) is 8.89. The average molecular weight is 389 g/mol. The molecule has 0 atom stereocenters. The van der Waals surface area contributed by atoms with Gasteiger partial charge in [-0.05, 0) is 42.0 Å². The highest BCUT2D eigenvalue weighted by atomic mass is 19.1. The number of carbonyl (C=O) groups is 1. The standard InChI is InChI=1S/C23H16FNO4/c24-16-6-8-17(9-7-16)25-22(26)14-28-18-10-11-19-21(12-18)29-13-20(23(19)27)15-4-2-1-3-5-15/h1-13H,14H2,(H,25,26). The van der Waals surface area contributed by atoms with Crippen LogP contribution in [0.3, 0.4) is 0 Å². The number of hydrogen-bond donors (Lipinski definition) is 1. The Hall–Kier alpha value is -3.93. The third kappa shape index (κ3) is 4.16. The number of amides is 1. The zero-order valence-corrected chi connectivity index (χ0v) is 15.2. The fourth-order valence-electron chi connectivity index (χ4n) is 2.89. The van der Waals surface area contributed by atoms with Gasteiger partial charge in [0.25, 0.3) is 5.91 Å². The minimum Gasteiger partial charge on any atom is -0.484 e. The van der Waals surface area contributed by atoms with Gasteiger partial charge in [-0.2, -0.15) is 0 Å². The molecule has 0 spiro atoms. The highest BCUT2D eigenvalue weighted by Crippen LogP contribution is 2.23. The van der Waals surface area contributed by atoms with Gasteiger partial charge < -0.3 is 14.5 Å². The van der Waals surface area contributed by atoms with Crippen molar-refractivity contribution in [2.24, 2.45) is 0 Å². The van der Waals surface area contributed by atoms with E-state index >= 15 is 0 Å². The zero-order valence-electron chi connectivity index (χ0n) is 15.2. The Morgan fingerprint density at radius 2 is 1.76 bits per heavy atom. The van der Waals surface area contributed by atoms with Gasteiger partial charge in [-0.25, -0.2) is 4.39 Å². The molecular formula is C23H16FNO4. The van der Waals surface area contributed by atoms with Crippen molar-refractivity contribution < 1.29 is 18.3 Å². The average Bonchev–Trinajstić information content (AvgIpc) is 2.75. The second-order valence-electron chi connectivity index (χ2n) is 6.35. The van der Waals surface area contributed by atoms with Crippen molar-refractivity contribution in [3.63, 3.8) is 0 Å². The van der Waals surface area contributed by atoms with Gasteiger partial charge in [0.05, 0.1) is 10.9 Å². The summed E-state index contributed by atoms with van der Waals surface area (Å²) in [7, 11) is 0. The molecule has 4 aromatic rings. The van der Waals surface area contributed by atoms with Crippen LogP contribution in [0.5, 0.6) is 5.75 Å². The lowest BCUT2D eigenvalue weighted by atomic mass is 10.1. The second kappa shape index (κ2) is 7.98. The SMILES string of the molecule is O=C(COc1ccc2c(=O)c(-c3ccccc3)coc2c1)Nc1ccc(F)cc1. The molecule has 1 amide bonds. The summed E-state index contributed by atoms with van der Waals surface area (Å²) in [6, 6.07) is 19.5. The first-order valence-electron chi connectivity index (χ1n) is 8.89. The number of anilines is 1. The van der Waals surface area contributed by atoms with Crippen molar-refractivity contribution in [3.05, 3.63) is 95.1 Å². The normalized spacial score (nSPS) is 10.7. The summed E-state index contributed by atoms with van der Waals surface area (Å²) in [4.78, 5) is 24.7. The lowest BCUT2D eigenvalue weighted by Gasteiger charge is -2.08. The smallest absolute Gasteiger partial charge is 0.262 e. The van der Waals surface area contributed by atoms with Crippen LogP contribution in [0.2, 0.25) is 0 Å². The van der Waals surface area contributed by atoms with E-state index in [4.69, 9.17) is 9.15 Å². The van der Waals surface area contributed by atoms with Gasteiger partial charge in [0, 0.05) is 11.8 Å². The molecule has 0 saturated carbocycles. The van der Waals surface area contributed by atoms with E-state index in [0.29, 0.717) is 28.0 Å². The Morgan fingerprint density at radius 3 is 2.52 bits per heavy atom. The van der Waals surface area contributed by atoms with Crippen molar-refractivity contribution in [1.29, 1.82) is 0 Å². The van der Waals surface area contributed by atoms with Crippen molar-refractivity contribution in [2.75, 3.05) is 11.9 Å². The molecule has 5 nitrogen and oxygen atoms in total. The molecule has 1 N–H and O–H groups in total. The van der Waals surface area contributed by atoms with Crippen LogP contribution in [-0.2, 0) is 4.79 Å². The summed E-state index contributed by atoms with van der Waals surface area (Å²) in [5, 5.41) is 3.03. The first-order chi connectivity index (χ1) is 14.1. The van der Waals surface area contributed by atoms with Crippen LogP contribution >= 0.6 is 0 Å². The number of rotatable bonds is 5. The summed E-state index contributed by atoms with van der Waals surface area (Å²) in [5.41, 5.74) is 1.95. The molecule has 6 heteroatoms. The highest BCUT2D eigenvalue weighted by Gasteiger charge is 2.11. The minimum atomic E-state index is -0.391. The van der Waals surface area contributed by atoms with E-state index in [1.165, 1.54) is 30.5 Å². The number of carbonyl (C=O) groups excluding carboxylic acids is 1. The van der Waals surface area contributed by atoms with Crippen LogP contribution in [0, 0.1) is 5.82 Å². The van der Waals surface area contributed by atoms with Gasteiger partial charge in [0.15, 0.2) is 12.0 Å². The molecule has 0 fully saturated rings. The molecule has 1 aromatic heterocycles. The Kier molecular flexibility index (Phi) is 5.07. The van der Waals surface area contributed by atoms with E-state index < -0.39 is 5.91 Å². The molecule has 0 aliphatic heterocycles. The fraction of sp³-hybridized carbons (Fsp3) is 0.0435. The monoisotopic (exact) mass is 389 g/mol. The maximum Gasteiger partial charge on any atom is 0.262 e. The topological polar surface area (TPSA) is 68.5 Å². The molecule has 29 heavy (non-hydrogen) atoms. The van der Waals surface area contributed by atoms with Gasteiger partial charge in [-0.15, -0.1) is 0 Å². The van der Waals surface area contributed by atoms with Crippen LogP contribution in [0.15, 0.2) is 88.3 Å². The maximum atomic E-state index is 12.9. The molecule has 0 aliphatic carbocycles. The quantitative estimate of drug-likeness (QED) is 0.541. The molecule has 0 saturated heterocycles. The van der Waals surface area contributed by atoms with E-state index in [0.717, 1.165) is 5.56 Å². The first kappa shape index (κ1) is 18.4. The number of hydrogen-bond acceptors (Lipinski definition) is 4. The molecule has 0 bridgehead atoms. The Labute approximate surface area is 165 Å². The van der Waals surface area contributed by atoms with Crippen molar-refractivity contribution in [2.45, 2.75) is 0 Å². The Bertz CT molecular complexity index is 1220. The summed E-state index contributed by atoms with van der Waals surface area (Å²) in [6.07, 6.45) is 1.42. The third-order valence-electron chi connectivity index (χ3n) is 4.33. The molecule has 3 aromatic carbocycles. The summed E-state index contributed by atoms with van der Waals surface area (Å²) >= 11 is 0. The van der Waals surface area contributed by atoms with Gasteiger partial charge in [0.2, 0.25) is 0 Å². The van der Waals surface area contributed by atoms with Crippen LogP contribution in [-0.4, -0.2) is 12.5 Å². The van der Waals surface area contributed by atoms with E-state index in [-0.39, 0.29) is 17.9 Å². The number of halogens is 1. The van der Waals surface area contributed by atoms with E-state index in [1.54, 1.807) is 18.2 Å². The summed E-state index contributed by atoms with van der Waals surface area (Å²) < 4.78 is 24.0. The zero-order chi connectivity index (χ0) is 20.2. The van der Waals surface area contributed by atoms with Gasteiger partial charge >= 0.3 is 0 Å². The van der Waals surface area contributed by atoms with E-state index in [9.17, 15) is 14.0 Å². The van der Waals surface area contributed by atoms with Gasteiger partial charge in [0.1, 0.15) is 23.4 Å². The predicted octanol–water partition coefficient (Wildman–Crippen LogP) is 4.62. The van der Waals surface area contributed by atoms with E-state index in [1.807, 2.05) is 30.3 Å². The molecule has 1 heterocycles. The maximum absolute atomic E-state index is 12.9. The molecule has 144 valence electrons. The Morgan fingerprint density at radius 1 is 1.00 bits per heavy atom. The van der Waals surface area contributed by atoms with Crippen LogP contribution in [0.4, 0.5) is 10.1 Å². The van der Waals surface area contributed by atoms with Gasteiger partial charge in [-0.1, -0.05) is 30.3 Å². The fourth-order valence-corrected chi connectivity index (χ4v) is 2.89. The number of benzene rings is 3. The van der Waals surface area contributed by atoms with E-state index in [2.05, 4.69) is 5.32 Å². The minimum absolute atomic E-state index is 0.141. The van der Waals surface area contributed by atoms with Gasteiger partial charge in [-0.3, -0.25) is 9.59 Å². The third-order valence-corrected chi connectivity index (χ3v) is 4.33. The Balaban J connectivity index is 1.48. The molecule has 0 radical (unpaired) electrons.